The molecule has 5 rings (SSSR count). The van der Waals surface area contributed by atoms with Crippen LogP contribution in [0.5, 0.6) is 0 Å². The number of aryl methyl sites for hydroxylation is 1. The van der Waals surface area contributed by atoms with Gasteiger partial charge in [-0.05, 0) is 31.4 Å². The van der Waals surface area contributed by atoms with Crippen LogP contribution in [0.25, 0.3) is 22.2 Å². The summed E-state index contributed by atoms with van der Waals surface area (Å²) < 4.78 is 53.8. The highest BCUT2D eigenvalue weighted by atomic mass is 19.4. The lowest BCUT2D eigenvalue weighted by atomic mass is 10.0. The van der Waals surface area contributed by atoms with Crippen LogP contribution in [0, 0.1) is 11.3 Å². The van der Waals surface area contributed by atoms with Gasteiger partial charge in [0.15, 0.2) is 11.3 Å². The van der Waals surface area contributed by atoms with E-state index in [4.69, 9.17) is 5.73 Å². The third-order valence-electron chi connectivity index (χ3n) is 6.43. The number of hydrogen-bond donors (Lipinski definition) is 2. The van der Waals surface area contributed by atoms with E-state index in [2.05, 4.69) is 30.4 Å². The fraction of sp³-hybridized carbons (Fsp3) is 0.400. The first-order chi connectivity index (χ1) is 18.7. The molecule has 0 unspecified atom stereocenters. The van der Waals surface area contributed by atoms with Crippen molar-refractivity contribution in [3.8, 4) is 17.2 Å². The summed E-state index contributed by atoms with van der Waals surface area (Å²) in [6.45, 7) is -0.111. The Hall–Kier alpha value is -4.25. The number of nitrogens with two attached hydrogens (primary N) is 1. The summed E-state index contributed by atoms with van der Waals surface area (Å²) in [4.78, 5) is 11.2. The molecule has 0 radical (unpaired) electrons. The van der Waals surface area contributed by atoms with Crippen LogP contribution in [0.3, 0.4) is 0 Å². The number of pyridine rings is 2. The van der Waals surface area contributed by atoms with Crippen molar-refractivity contribution in [2.45, 2.75) is 44.6 Å². The number of fused-ring (bicyclic) bond motifs is 1. The van der Waals surface area contributed by atoms with E-state index in [0.29, 0.717) is 40.3 Å². The standard InChI is InChI=1S/C25H26F4N10/c26-6-2-8-39-24-18(20(10-30)36-39)4-5-22(35-24)34-23-9-21(37-7-1-3-17(31)14-37)19(12-32-23)16-11-33-38(13-16)15-25(27,28)29/h4-5,9,11-13,17H,1-3,6-8,14-15,31H2,(H,32,34,35)/t17-/m0/s1. The Kier molecular flexibility index (Phi) is 7.34. The highest BCUT2D eigenvalue weighted by Crippen LogP contribution is 2.34. The molecule has 0 bridgehead atoms. The molecule has 1 fully saturated rings. The summed E-state index contributed by atoms with van der Waals surface area (Å²) in [6, 6.07) is 7.22. The zero-order chi connectivity index (χ0) is 27.6. The number of nitriles is 1. The first-order valence-corrected chi connectivity index (χ1v) is 12.4. The zero-order valence-electron chi connectivity index (χ0n) is 20.9. The second kappa shape index (κ2) is 10.9. The maximum absolute atomic E-state index is 12.9. The van der Waals surface area contributed by atoms with Crippen LogP contribution in [0.15, 0.2) is 36.8 Å². The van der Waals surface area contributed by atoms with Crippen LogP contribution in [-0.2, 0) is 13.1 Å². The maximum Gasteiger partial charge on any atom is 0.408 e. The van der Waals surface area contributed by atoms with Crippen molar-refractivity contribution in [1.29, 1.82) is 5.26 Å². The second-order valence-electron chi connectivity index (χ2n) is 9.40. The second-order valence-corrected chi connectivity index (χ2v) is 9.40. The van der Waals surface area contributed by atoms with E-state index in [0.717, 1.165) is 29.8 Å². The van der Waals surface area contributed by atoms with Crippen LogP contribution in [0.2, 0.25) is 0 Å². The molecule has 1 aliphatic heterocycles. The molecule has 10 nitrogen and oxygen atoms in total. The lowest BCUT2D eigenvalue weighted by molar-refractivity contribution is -0.142. The molecule has 1 aliphatic rings. The van der Waals surface area contributed by atoms with Crippen LogP contribution >= 0.6 is 0 Å². The van der Waals surface area contributed by atoms with Crippen molar-refractivity contribution < 1.29 is 17.6 Å². The van der Waals surface area contributed by atoms with Crippen LogP contribution in [0.1, 0.15) is 25.0 Å². The lowest BCUT2D eigenvalue weighted by Gasteiger charge is -2.34. The SMILES string of the molecule is N#Cc1nn(CCCF)c2nc(Nc3cc(N4CCC[C@H](N)C4)c(-c4cnn(CC(F)(F)F)c4)cn3)ccc12. The van der Waals surface area contributed by atoms with E-state index in [-0.39, 0.29) is 24.7 Å². The van der Waals surface area contributed by atoms with Crippen molar-refractivity contribution in [1.82, 2.24) is 29.5 Å². The van der Waals surface area contributed by atoms with Crippen LogP contribution in [0.4, 0.5) is 34.9 Å². The van der Waals surface area contributed by atoms with Crippen LogP contribution < -0.4 is 16.0 Å². The van der Waals surface area contributed by atoms with Gasteiger partial charge in [-0.3, -0.25) is 9.07 Å². The summed E-state index contributed by atoms with van der Waals surface area (Å²) >= 11 is 0. The summed E-state index contributed by atoms with van der Waals surface area (Å²) in [5.41, 5.74) is 8.78. The quantitative estimate of drug-likeness (QED) is 0.318. The van der Waals surface area contributed by atoms with Gasteiger partial charge < -0.3 is 16.0 Å². The number of aromatic nitrogens is 6. The minimum absolute atomic E-state index is 0.0351. The molecule has 4 aromatic heterocycles. The number of anilines is 3. The summed E-state index contributed by atoms with van der Waals surface area (Å²) in [7, 11) is 0. The van der Waals surface area contributed by atoms with Crippen molar-refractivity contribution in [3.63, 3.8) is 0 Å². The fourth-order valence-corrected chi connectivity index (χ4v) is 4.70. The van der Waals surface area contributed by atoms with E-state index < -0.39 is 19.4 Å². The van der Waals surface area contributed by atoms with Gasteiger partial charge in [0.1, 0.15) is 24.2 Å². The van der Waals surface area contributed by atoms with E-state index >= 15 is 0 Å². The van der Waals surface area contributed by atoms with Crippen molar-refractivity contribution in [2.75, 3.05) is 30.0 Å². The van der Waals surface area contributed by atoms with E-state index in [9.17, 15) is 22.8 Å². The molecule has 0 aromatic carbocycles. The minimum atomic E-state index is -4.39. The number of alkyl halides is 4. The molecule has 204 valence electrons. The van der Waals surface area contributed by atoms with Gasteiger partial charge in [0.25, 0.3) is 0 Å². The van der Waals surface area contributed by atoms with E-state index in [1.54, 1.807) is 24.4 Å². The molecule has 5 heterocycles. The Morgan fingerprint density at radius 2 is 2.05 bits per heavy atom. The molecule has 0 saturated carbocycles. The van der Waals surface area contributed by atoms with Crippen LogP contribution in [-0.4, -0.2) is 61.5 Å². The molecule has 4 aromatic rings. The number of piperidine rings is 1. The summed E-state index contributed by atoms with van der Waals surface area (Å²) in [5, 5.41) is 21.2. The molecule has 0 aliphatic carbocycles. The van der Waals surface area contributed by atoms with Crippen molar-refractivity contribution in [2.24, 2.45) is 5.73 Å². The minimum Gasteiger partial charge on any atom is -0.369 e. The van der Waals surface area contributed by atoms with E-state index in [1.807, 2.05) is 6.07 Å². The third-order valence-corrected chi connectivity index (χ3v) is 6.43. The average molecular weight is 543 g/mol. The Morgan fingerprint density at radius 3 is 2.79 bits per heavy atom. The van der Waals surface area contributed by atoms with E-state index in [1.165, 1.54) is 17.1 Å². The molecule has 1 atom stereocenters. The van der Waals surface area contributed by atoms with Gasteiger partial charge in [0.05, 0.1) is 18.3 Å². The first kappa shape index (κ1) is 26.4. The molecular weight excluding hydrogens is 516 g/mol. The van der Waals surface area contributed by atoms with Gasteiger partial charge in [0, 0.05) is 61.0 Å². The molecule has 0 amide bonds. The predicted octanol–water partition coefficient (Wildman–Crippen LogP) is 4.15. The Bertz CT molecular complexity index is 1500. The highest BCUT2D eigenvalue weighted by Gasteiger charge is 2.29. The molecule has 0 spiro atoms. The summed E-state index contributed by atoms with van der Waals surface area (Å²) in [6.07, 6.45) is 1.95. The predicted molar refractivity (Wildman–Crippen MR) is 137 cm³/mol. The Morgan fingerprint density at radius 1 is 1.21 bits per heavy atom. The first-order valence-electron chi connectivity index (χ1n) is 12.4. The molecule has 14 heteroatoms. The number of nitrogens with zero attached hydrogens (tertiary/aromatic N) is 8. The fourth-order valence-electron chi connectivity index (χ4n) is 4.70. The van der Waals surface area contributed by atoms with Gasteiger partial charge in [-0.15, -0.1) is 0 Å². The van der Waals surface area contributed by atoms with Gasteiger partial charge in [-0.2, -0.15) is 28.6 Å². The smallest absolute Gasteiger partial charge is 0.369 e. The Balaban J connectivity index is 1.49. The highest BCUT2D eigenvalue weighted by molar-refractivity contribution is 5.84. The number of nitrogens with one attached hydrogen (secondary N) is 1. The molecular formula is C25H26F4N10. The summed E-state index contributed by atoms with van der Waals surface area (Å²) in [5.74, 6) is 0.894. The number of hydrogen-bond acceptors (Lipinski definition) is 8. The van der Waals surface area contributed by atoms with Crippen molar-refractivity contribution in [3.05, 3.63) is 42.5 Å². The molecule has 3 N–H and O–H groups in total. The molecule has 39 heavy (non-hydrogen) atoms. The van der Waals surface area contributed by atoms with Gasteiger partial charge in [-0.1, -0.05) is 0 Å². The maximum atomic E-state index is 12.9. The average Bonchev–Trinajstić information content (AvgIpc) is 3.50. The normalized spacial score (nSPS) is 16.0. The van der Waals surface area contributed by atoms with Crippen molar-refractivity contribution >= 4 is 28.4 Å². The number of halogens is 4. The monoisotopic (exact) mass is 542 g/mol. The largest absolute Gasteiger partial charge is 0.408 e. The number of rotatable bonds is 8. The topological polar surface area (TPSA) is 126 Å². The molecule has 1 saturated heterocycles. The lowest BCUT2D eigenvalue weighted by Crippen LogP contribution is -2.43. The zero-order valence-corrected chi connectivity index (χ0v) is 20.9. The van der Waals surface area contributed by atoms with Gasteiger partial charge in [-0.25, -0.2) is 14.6 Å². The van der Waals surface area contributed by atoms with Gasteiger partial charge in [0.2, 0.25) is 0 Å². The third kappa shape index (κ3) is 5.93. The van der Waals surface area contributed by atoms with Gasteiger partial charge >= 0.3 is 6.18 Å². The Labute approximate surface area is 221 Å².